The zero-order valence-corrected chi connectivity index (χ0v) is 17.9. The number of aliphatic carboxylic acids is 1. The highest BCUT2D eigenvalue weighted by Gasteiger charge is 2.58. The number of alkyl carbamates (subject to hydrolysis) is 1. The first-order valence-electron chi connectivity index (χ1n) is 10.2. The first-order chi connectivity index (χ1) is 15.4. The fourth-order valence-electron chi connectivity index (χ4n) is 3.78. The van der Waals surface area contributed by atoms with Crippen LogP contribution in [0.5, 0.6) is 0 Å². The molecule has 1 unspecified atom stereocenters. The predicted molar refractivity (Wildman–Crippen MR) is 113 cm³/mol. The average Bonchev–Trinajstić information content (AvgIpc) is 3.04. The van der Waals surface area contributed by atoms with E-state index in [4.69, 9.17) is 9.84 Å². The summed E-state index contributed by atoms with van der Waals surface area (Å²) in [7, 11) is 0. The molecule has 0 bridgehead atoms. The first-order valence-corrected chi connectivity index (χ1v) is 10.2. The van der Waals surface area contributed by atoms with Gasteiger partial charge in [-0.15, -0.1) is 0 Å². The molecule has 10 heteroatoms. The predicted octanol–water partition coefficient (Wildman–Crippen LogP) is 3.83. The summed E-state index contributed by atoms with van der Waals surface area (Å²) in [6.45, 7) is 1.51. The molecule has 2 atom stereocenters. The van der Waals surface area contributed by atoms with Crippen molar-refractivity contribution < 1.29 is 37.4 Å². The Morgan fingerprint density at radius 2 is 1.55 bits per heavy atom. The van der Waals surface area contributed by atoms with E-state index in [2.05, 4.69) is 0 Å². The van der Waals surface area contributed by atoms with E-state index in [1.165, 1.54) is 6.92 Å². The molecule has 33 heavy (non-hydrogen) atoms. The topological polar surface area (TPSA) is 105 Å². The number of carbonyl (C=O) groups is 3. The van der Waals surface area contributed by atoms with Crippen molar-refractivity contribution in [3.63, 3.8) is 0 Å². The van der Waals surface area contributed by atoms with E-state index in [1.54, 1.807) is 5.32 Å². The molecule has 176 valence electrons. The highest BCUT2D eigenvalue weighted by molar-refractivity contribution is 5.91. The van der Waals surface area contributed by atoms with Crippen LogP contribution in [0.4, 0.5) is 18.0 Å². The third-order valence-corrected chi connectivity index (χ3v) is 5.58. The summed E-state index contributed by atoms with van der Waals surface area (Å²) in [5, 5.41) is 12.3. The molecule has 0 heterocycles. The Bertz CT molecular complexity index is 1030. The monoisotopic (exact) mass is 464 g/mol. The smallest absolute Gasteiger partial charge is 0.420 e. The SMILES string of the molecule is C[C@H](CC(=O)O)NC(=O)C(C)(NC(=O)OCC1c2ccccc2-c2ccccc21)C(F)(F)F. The second-order valence-electron chi connectivity index (χ2n) is 8.05. The van der Waals surface area contributed by atoms with Crippen LogP contribution in [0.15, 0.2) is 48.5 Å². The lowest BCUT2D eigenvalue weighted by atomic mass is 9.98. The number of amides is 2. The second-order valence-corrected chi connectivity index (χ2v) is 8.05. The lowest BCUT2D eigenvalue weighted by Crippen LogP contribution is -2.66. The van der Waals surface area contributed by atoms with Crippen LogP contribution >= 0.6 is 0 Å². The molecule has 2 amide bonds. The standard InChI is InChI=1S/C23H23F3N2O5/c1-13(11-19(29)30)27-20(31)22(2,23(24,25)26)28-21(32)33-12-18-16-9-5-3-7-14(16)15-8-4-6-10-17(15)18/h3-10,13,18H,11-12H2,1-2H3,(H,27,31)(H,28,32)(H,29,30)/t13-,22?/m1/s1. The molecule has 2 aromatic rings. The van der Waals surface area contributed by atoms with Gasteiger partial charge in [-0.25, -0.2) is 4.79 Å². The minimum absolute atomic E-state index is 0.231. The van der Waals surface area contributed by atoms with E-state index in [1.807, 2.05) is 53.8 Å². The fourth-order valence-corrected chi connectivity index (χ4v) is 3.78. The van der Waals surface area contributed by atoms with Crippen molar-refractivity contribution >= 4 is 18.0 Å². The lowest BCUT2D eigenvalue weighted by Gasteiger charge is -2.32. The third-order valence-electron chi connectivity index (χ3n) is 5.58. The van der Waals surface area contributed by atoms with E-state index in [-0.39, 0.29) is 12.5 Å². The lowest BCUT2D eigenvalue weighted by molar-refractivity contribution is -0.194. The number of carboxylic acid groups (broad SMARTS) is 1. The van der Waals surface area contributed by atoms with E-state index >= 15 is 0 Å². The molecular weight excluding hydrogens is 441 g/mol. The Labute approximate surface area is 187 Å². The van der Waals surface area contributed by atoms with Gasteiger partial charge in [-0.2, -0.15) is 13.2 Å². The van der Waals surface area contributed by atoms with Crippen LogP contribution in [0.2, 0.25) is 0 Å². The van der Waals surface area contributed by atoms with Crippen LogP contribution in [0.1, 0.15) is 37.3 Å². The molecule has 0 aliphatic heterocycles. The molecule has 3 rings (SSSR count). The highest BCUT2D eigenvalue weighted by Crippen LogP contribution is 2.44. The van der Waals surface area contributed by atoms with Crippen molar-refractivity contribution in [2.75, 3.05) is 6.61 Å². The molecule has 0 radical (unpaired) electrons. The largest absolute Gasteiger partial charge is 0.481 e. The van der Waals surface area contributed by atoms with E-state index in [0.29, 0.717) is 6.92 Å². The highest BCUT2D eigenvalue weighted by atomic mass is 19.4. The molecule has 1 aliphatic carbocycles. The molecule has 0 fully saturated rings. The molecule has 0 saturated carbocycles. The molecule has 0 spiro atoms. The van der Waals surface area contributed by atoms with Gasteiger partial charge in [0.2, 0.25) is 5.54 Å². The van der Waals surface area contributed by atoms with Gasteiger partial charge in [-0.1, -0.05) is 48.5 Å². The number of alkyl halides is 3. The Hall–Kier alpha value is -3.56. The number of benzene rings is 2. The van der Waals surface area contributed by atoms with Gasteiger partial charge in [-0.3, -0.25) is 14.9 Å². The summed E-state index contributed by atoms with van der Waals surface area (Å²) in [6.07, 6.45) is -7.16. The number of hydrogen-bond donors (Lipinski definition) is 3. The number of ether oxygens (including phenoxy) is 1. The van der Waals surface area contributed by atoms with Crippen molar-refractivity contribution in [2.24, 2.45) is 0 Å². The number of halogens is 3. The minimum Gasteiger partial charge on any atom is -0.481 e. The van der Waals surface area contributed by atoms with Gasteiger partial charge in [0.1, 0.15) is 6.61 Å². The molecular formula is C23H23F3N2O5. The van der Waals surface area contributed by atoms with Gasteiger partial charge in [-0.05, 0) is 36.1 Å². The number of carboxylic acids is 1. The van der Waals surface area contributed by atoms with Crippen molar-refractivity contribution in [1.29, 1.82) is 0 Å². The van der Waals surface area contributed by atoms with E-state index in [0.717, 1.165) is 22.3 Å². The molecule has 7 nitrogen and oxygen atoms in total. The third kappa shape index (κ3) is 4.94. The maximum absolute atomic E-state index is 13.7. The van der Waals surface area contributed by atoms with Gasteiger partial charge >= 0.3 is 18.2 Å². The molecule has 3 N–H and O–H groups in total. The van der Waals surface area contributed by atoms with E-state index in [9.17, 15) is 27.6 Å². The van der Waals surface area contributed by atoms with Crippen molar-refractivity contribution in [3.05, 3.63) is 59.7 Å². The maximum atomic E-state index is 13.7. The quantitative estimate of drug-likeness (QED) is 0.578. The first kappa shape index (κ1) is 24.1. The van der Waals surface area contributed by atoms with Crippen LogP contribution in [-0.4, -0.2) is 47.4 Å². The molecule has 2 aromatic carbocycles. The summed E-state index contributed by atoms with van der Waals surface area (Å²) < 4.78 is 46.3. The van der Waals surface area contributed by atoms with Gasteiger partial charge in [0.05, 0.1) is 6.42 Å². The zero-order valence-electron chi connectivity index (χ0n) is 17.9. The molecule has 0 aromatic heterocycles. The summed E-state index contributed by atoms with van der Waals surface area (Å²) >= 11 is 0. The van der Waals surface area contributed by atoms with Crippen LogP contribution in [0.3, 0.4) is 0 Å². The summed E-state index contributed by atoms with van der Waals surface area (Å²) in [5.41, 5.74) is 0.348. The zero-order chi connectivity index (χ0) is 24.4. The van der Waals surface area contributed by atoms with Crippen molar-refractivity contribution in [2.45, 2.75) is 43.9 Å². The number of fused-ring (bicyclic) bond motifs is 3. The van der Waals surface area contributed by atoms with Crippen molar-refractivity contribution in [1.82, 2.24) is 10.6 Å². The second kappa shape index (κ2) is 9.13. The Kier molecular flexibility index (Phi) is 6.66. The molecule has 0 saturated heterocycles. The molecule has 1 aliphatic rings. The van der Waals surface area contributed by atoms with Crippen LogP contribution in [0, 0.1) is 0 Å². The van der Waals surface area contributed by atoms with Gasteiger partial charge in [0.25, 0.3) is 5.91 Å². The van der Waals surface area contributed by atoms with Gasteiger partial charge < -0.3 is 15.2 Å². The van der Waals surface area contributed by atoms with Gasteiger partial charge in [0, 0.05) is 12.0 Å². The Balaban J connectivity index is 1.73. The maximum Gasteiger partial charge on any atom is 0.420 e. The number of rotatable bonds is 7. The number of nitrogens with one attached hydrogen (secondary N) is 2. The minimum atomic E-state index is -5.16. The van der Waals surface area contributed by atoms with Crippen LogP contribution in [0.25, 0.3) is 11.1 Å². The average molecular weight is 464 g/mol. The Morgan fingerprint density at radius 3 is 2.03 bits per heavy atom. The normalized spacial score (nSPS) is 15.5. The number of hydrogen-bond acceptors (Lipinski definition) is 4. The van der Waals surface area contributed by atoms with Crippen LogP contribution in [-0.2, 0) is 14.3 Å². The fraction of sp³-hybridized carbons (Fsp3) is 0.348. The van der Waals surface area contributed by atoms with E-state index < -0.39 is 42.1 Å². The number of carbonyl (C=O) groups excluding carboxylic acids is 2. The van der Waals surface area contributed by atoms with Crippen molar-refractivity contribution in [3.8, 4) is 11.1 Å². The Morgan fingerprint density at radius 1 is 1.03 bits per heavy atom. The van der Waals surface area contributed by atoms with Gasteiger partial charge in [0.15, 0.2) is 0 Å². The summed E-state index contributed by atoms with van der Waals surface area (Å²) in [4.78, 5) is 35.4. The summed E-state index contributed by atoms with van der Waals surface area (Å²) in [6, 6.07) is 13.8. The summed E-state index contributed by atoms with van der Waals surface area (Å²) in [5.74, 6) is -3.25. The van der Waals surface area contributed by atoms with Crippen LogP contribution < -0.4 is 10.6 Å².